The fourth-order valence-corrected chi connectivity index (χ4v) is 0.754. The molecule has 0 N–H and O–H groups in total. The van der Waals surface area contributed by atoms with E-state index in [4.69, 9.17) is 4.74 Å². The van der Waals surface area contributed by atoms with Gasteiger partial charge in [0.15, 0.2) is 5.78 Å². The number of carbonyl (C=O) groups excluding carboxylic acids is 2. The van der Waals surface area contributed by atoms with Crippen molar-refractivity contribution in [3.05, 3.63) is 24.0 Å². The zero-order chi connectivity index (χ0) is 8.27. The molecule has 3 heteroatoms. The van der Waals surface area contributed by atoms with Crippen molar-refractivity contribution in [2.75, 3.05) is 0 Å². The highest BCUT2D eigenvalue weighted by Crippen LogP contribution is 2.08. The molecule has 1 aliphatic rings. The highest BCUT2D eigenvalue weighted by Gasteiger charge is 2.05. The summed E-state index contributed by atoms with van der Waals surface area (Å²) in [6.45, 7) is 1.32. The maximum absolute atomic E-state index is 10.6. The summed E-state index contributed by atoms with van der Waals surface area (Å²) < 4.78 is 4.72. The molecule has 0 aliphatic heterocycles. The lowest BCUT2D eigenvalue weighted by Gasteiger charge is -2.04. The van der Waals surface area contributed by atoms with Crippen LogP contribution in [-0.4, -0.2) is 11.8 Å². The topological polar surface area (TPSA) is 43.4 Å². The maximum Gasteiger partial charge on any atom is 0.308 e. The van der Waals surface area contributed by atoms with Crippen molar-refractivity contribution in [2.24, 2.45) is 0 Å². The van der Waals surface area contributed by atoms with Gasteiger partial charge in [-0.05, 0) is 18.2 Å². The Morgan fingerprint density at radius 3 is 2.73 bits per heavy atom. The molecule has 0 bridgehead atoms. The predicted molar refractivity (Wildman–Crippen MR) is 38.6 cm³/mol. The molecule has 0 aromatic rings. The summed E-state index contributed by atoms with van der Waals surface area (Å²) in [5, 5.41) is 0. The van der Waals surface area contributed by atoms with Crippen molar-refractivity contribution in [3.63, 3.8) is 0 Å². The number of rotatable bonds is 1. The minimum atomic E-state index is -0.366. The van der Waals surface area contributed by atoms with Crippen molar-refractivity contribution < 1.29 is 14.3 Å². The highest BCUT2D eigenvalue weighted by molar-refractivity contribution is 5.92. The van der Waals surface area contributed by atoms with Crippen molar-refractivity contribution in [1.29, 1.82) is 0 Å². The fourth-order valence-electron chi connectivity index (χ4n) is 0.754. The average Bonchev–Trinajstić information content (AvgIpc) is 1.93. The van der Waals surface area contributed by atoms with Gasteiger partial charge in [0, 0.05) is 13.3 Å². The standard InChI is InChI=1S/C8H8O3/c1-6(9)11-8-4-2-7(10)3-5-8/h2,4-5H,3H2,1H3. The first-order valence-electron chi connectivity index (χ1n) is 3.28. The van der Waals surface area contributed by atoms with Gasteiger partial charge >= 0.3 is 5.97 Å². The summed E-state index contributed by atoms with van der Waals surface area (Å²) in [5.41, 5.74) is 0. The van der Waals surface area contributed by atoms with Crippen LogP contribution in [-0.2, 0) is 14.3 Å². The van der Waals surface area contributed by atoms with Gasteiger partial charge in [-0.15, -0.1) is 0 Å². The Morgan fingerprint density at radius 1 is 1.55 bits per heavy atom. The predicted octanol–water partition coefficient (Wildman–Crippen LogP) is 0.962. The van der Waals surface area contributed by atoms with Gasteiger partial charge in [-0.3, -0.25) is 9.59 Å². The molecule has 0 aromatic heterocycles. The van der Waals surface area contributed by atoms with E-state index in [-0.39, 0.29) is 11.8 Å². The van der Waals surface area contributed by atoms with Crippen LogP contribution >= 0.6 is 0 Å². The molecule has 0 fully saturated rings. The van der Waals surface area contributed by atoms with E-state index < -0.39 is 0 Å². The molecule has 58 valence electrons. The normalized spacial score (nSPS) is 16.1. The van der Waals surface area contributed by atoms with Gasteiger partial charge < -0.3 is 4.74 Å². The van der Waals surface area contributed by atoms with Crippen LogP contribution in [0.4, 0.5) is 0 Å². The maximum atomic E-state index is 10.6. The number of hydrogen-bond acceptors (Lipinski definition) is 3. The number of esters is 1. The van der Waals surface area contributed by atoms with Crippen molar-refractivity contribution in [2.45, 2.75) is 13.3 Å². The minimum absolute atomic E-state index is 0.0286. The monoisotopic (exact) mass is 152 g/mol. The molecule has 0 amide bonds. The molecule has 0 heterocycles. The summed E-state index contributed by atoms with van der Waals surface area (Å²) in [6, 6.07) is 0. The Morgan fingerprint density at radius 2 is 2.27 bits per heavy atom. The van der Waals surface area contributed by atoms with E-state index in [9.17, 15) is 9.59 Å². The summed E-state index contributed by atoms with van der Waals surface area (Å²) >= 11 is 0. The quantitative estimate of drug-likeness (QED) is 0.525. The Balaban J connectivity index is 2.56. The zero-order valence-corrected chi connectivity index (χ0v) is 6.16. The van der Waals surface area contributed by atoms with Crippen LogP contribution in [0.3, 0.4) is 0 Å². The van der Waals surface area contributed by atoms with Gasteiger partial charge in [-0.1, -0.05) is 0 Å². The van der Waals surface area contributed by atoms with Gasteiger partial charge in [0.05, 0.1) is 0 Å². The molecule has 0 radical (unpaired) electrons. The minimum Gasteiger partial charge on any atom is -0.427 e. The third-order valence-electron chi connectivity index (χ3n) is 1.20. The van der Waals surface area contributed by atoms with E-state index in [0.29, 0.717) is 12.2 Å². The van der Waals surface area contributed by atoms with Crippen LogP contribution in [0.2, 0.25) is 0 Å². The molecule has 3 nitrogen and oxygen atoms in total. The van der Waals surface area contributed by atoms with Crippen LogP contribution in [0, 0.1) is 0 Å². The molecule has 1 rings (SSSR count). The summed E-state index contributed by atoms with van der Waals surface area (Å²) in [6.07, 6.45) is 4.80. The van der Waals surface area contributed by atoms with E-state index in [1.165, 1.54) is 19.1 Å². The Bertz CT molecular complexity index is 248. The molecule has 11 heavy (non-hydrogen) atoms. The second kappa shape index (κ2) is 3.14. The Labute approximate surface area is 64.3 Å². The average molecular weight is 152 g/mol. The molecule has 0 spiro atoms. The summed E-state index contributed by atoms with van der Waals surface area (Å²) in [7, 11) is 0. The number of ether oxygens (including phenoxy) is 1. The van der Waals surface area contributed by atoms with Gasteiger partial charge in [-0.25, -0.2) is 0 Å². The molecular formula is C8H8O3. The van der Waals surface area contributed by atoms with Crippen molar-refractivity contribution >= 4 is 11.8 Å². The lowest BCUT2D eigenvalue weighted by atomic mass is 10.1. The summed E-state index contributed by atoms with van der Waals surface area (Å²) in [5.74, 6) is 0.119. The van der Waals surface area contributed by atoms with Gasteiger partial charge in [-0.2, -0.15) is 0 Å². The second-order valence-corrected chi connectivity index (χ2v) is 2.20. The van der Waals surface area contributed by atoms with Crippen LogP contribution in [0.5, 0.6) is 0 Å². The fraction of sp³-hybridized carbons (Fsp3) is 0.250. The van der Waals surface area contributed by atoms with E-state index in [1.807, 2.05) is 0 Å². The van der Waals surface area contributed by atoms with Crippen LogP contribution < -0.4 is 0 Å². The van der Waals surface area contributed by atoms with E-state index in [0.717, 1.165) is 0 Å². The second-order valence-electron chi connectivity index (χ2n) is 2.20. The largest absolute Gasteiger partial charge is 0.427 e. The smallest absolute Gasteiger partial charge is 0.308 e. The van der Waals surface area contributed by atoms with Gasteiger partial charge in [0.1, 0.15) is 5.76 Å². The first-order chi connectivity index (χ1) is 5.18. The molecule has 0 aromatic carbocycles. The van der Waals surface area contributed by atoms with E-state index in [2.05, 4.69) is 0 Å². The van der Waals surface area contributed by atoms with Crippen LogP contribution in [0.1, 0.15) is 13.3 Å². The van der Waals surface area contributed by atoms with E-state index >= 15 is 0 Å². The molecule has 0 saturated carbocycles. The number of carbonyl (C=O) groups is 2. The van der Waals surface area contributed by atoms with Gasteiger partial charge in [0.2, 0.25) is 0 Å². The summed E-state index contributed by atoms with van der Waals surface area (Å²) in [4.78, 5) is 21.0. The molecule has 0 unspecified atom stereocenters. The lowest BCUT2D eigenvalue weighted by Crippen LogP contribution is -2.02. The number of ketones is 1. The molecule has 0 saturated heterocycles. The third kappa shape index (κ3) is 2.37. The van der Waals surface area contributed by atoms with Crippen molar-refractivity contribution in [3.8, 4) is 0 Å². The first-order valence-corrected chi connectivity index (χ1v) is 3.28. The Hall–Kier alpha value is -1.38. The first kappa shape index (κ1) is 7.72. The number of hydrogen-bond donors (Lipinski definition) is 0. The SMILES string of the molecule is CC(=O)OC1=CCC(=O)C=C1. The van der Waals surface area contributed by atoms with Crippen molar-refractivity contribution in [1.82, 2.24) is 0 Å². The molecule has 1 aliphatic carbocycles. The van der Waals surface area contributed by atoms with E-state index in [1.54, 1.807) is 6.08 Å². The van der Waals surface area contributed by atoms with Gasteiger partial charge in [0.25, 0.3) is 0 Å². The zero-order valence-electron chi connectivity index (χ0n) is 6.16. The molecule has 0 atom stereocenters. The Kier molecular flexibility index (Phi) is 2.21. The third-order valence-corrected chi connectivity index (χ3v) is 1.20. The molecular weight excluding hydrogens is 144 g/mol. The van der Waals surface area contributed by atoms with Crippen LogP contribution in [0.25, 0.3) is 0 Å². The highest BCUT2D eigenvalue weighted by atomic mass is 16.5. The van der Waals surface area contributed by atoms with Crippen LogP contribution in [0.15, 0.2) is 24.0 Å². The number of allylic oxidation sites excluding steroid dienone is 3. The lowest BCUT2D eigenvalue weighted by molar-refractivity contribution is -0.136.